The fourth-order valence-electron chi connectivity index (χ4n) is 1.16. The maximum Gasteiger partial charge on any atom is 0.270 e. The van der Waals surface area contributed by atoms with Gasteiger partial charge in [-0.1, -0.05) is 22.0 Å². The van der Waals surface area contributed by atoms with Crippen LogP contribution in [-0.2, 0) is 12.5 Å². The van der Waals surface area contributed by atoms with Crippen molar-refractivity contribution in [3.8, 4) is 0 Å². The highest BCUT2D eigenvalue weighted by molar-refractivity contribution is 9.10. The van der Waals surface area contributed by atoms with Crippen LogP contribution in [0.5, 0.6) is 0 Å². The Bertz CT molecular complexity index is 307. The smallest absolute Gasteiger partial charge is 0.270 e. The molecule has 0 radical (unpaired) electrons. The van der Waals surface area contributed by atoms with Crippen molar-refractivity contribution in [2.75, 3.05) is 0 Å². The zero-order valence-electron chi connectivity index (χ0n) is 7.15. The van der Waals surface area contributed by atoms with Crippen molar-refractivity contribution in [2.45, 2.75) is 19.4 Å². The second-order valence-electron chi connectivity index (χ2n) is 2.89. The molecule has 0 heterocycles. The summed E-state index contributed by atoms with van der Waals surface area (Å²) in [5, 5.41) is 0. The lowest BCUT2D eigenvalue weighted by molar-refractivity contribution is 0.0165. The zero-order chi connectivity index (χ0) is 10.1. The Hall–Kier alpha value is -0.480. The molecule has 0 aliphatic carbocycles. The molecule has 0 aliphatic rings. The summed E-state index contributed by atoms with van der Waals surface area (Å²) in [6.45, 7) is 0.994. The molecular weight excluding hydrogens is 240 g/mol. The van der Waals surface area contributed by atoms with Crippen molar-refractivity contribution in [3.63, 3.8) is 0 Å². The summed E-state index contributed by atoms with van der Waals surface area (Å²) in [5.74, 6) is -2.82. The monoisotopic (exact) mass is 249 g/mol. The molecule has 0 spiro atoms. The lowest BCUT2D eigenvalue weighted by atomic mass is 10.0. The molecule has 0 saturated heterocycles. The van der Waals surface area contributed by atoms with Gasteiger partial charge in [-0.15, -0.1) is 0 Å². The van der Waals surface area contributed by atoms with Crippen LogP contribution in [0.1, 0.15) is 18.1 Å². The van der Waals surface area contributed by atoms with E-state index in [1.807, 2.05) is 0 Å². The first-order valence-electron chi connectivity index (χ1n) is 3.82. The molecule has 0 bridgehead atoms. The Labute approximate surface area is 84.1 Å². The van der Waals surface area contributed by atoms with E-state index >= 15 is 0 Å². The van der Waals surface area contributed by atoms with Crippen molar-refractivity contribution in [1.29, 1.82) is 0 Å². The third-order valence-corrected chi connectivity index (χ3v) is 2.25. The van der Waals surface area contributed by atoms with Crippen LogP contribution >= 0.6 is 15.9 Å². The Balaban J connectivity index is 3.22. The van der Waals surface area contributed by atoms with Gasteiger partial charge in [0.2, 0.25) is 0 Å². The molecule has 0 amide bonds. The minimum atomic E-state index is -2.82. The van der Waals surface area contributed by atoms with Gasteiger partial charge in [-0.2, -0.15) is 0 Å². The summed E-state index contributed by atoms with van der Waals surface area (Å²) in [6.07, 6.45) is 0. The molecule has 0 unspecified atom stereocenters. The molecule has 2 N–H and O–H groups in total. The van der Waals surface area contributed by atoms with Crippen molar-refractivity contribution in [1.82, 2.24) is 0 Å². The fourth-order valence-corrected chi connectivity index (χ4v) is 1.57. The topological polar surface area (TPSA) is 26.0 Å². The molecule has 1 rings (SSSR count). The van der Waals surface area contributed by atoms with E-state index in [0.29, 0.717) is 5.56 Å². The molecule has 0 aromatic heterocycles. The normalized spacial score (nSPS) is 11.8. The molecule has 1 nitrogen and oxygen atoms in total. The first kappa shape index (κ1) is 10.6. The van der Waals surface area contributed by atoms with Crippen LogP contribution in [0, 0.1) is 0 Å². The van der Waals surface area contributed by atoms with Crippen LogP contribution in [0.2, 0.25) is 0 Å². The Morgan fingerprint density at radius 2 is 2.08 bits per heavy atom. The summed E-state index contributed by atoms with van der Waals surface area (Å²) in [5.41, 5.74) is 5.83. The molecule has 1 aromatic rings. The summed E-state index contributed by atoms with van der Waals surface area (Å²) in [7, 11) is 0. The van der Waals surface area contributed by atoms with Crippen molar-refractivity contribution in [2.24, 2.45) is 5.73 Å². The van der Waals surface area contributed by atoms with Gasteiger partial charge in [-0.05, 0) is 17.7 Å². The van der Waals surface area contributed by atoms with Crippen molar-refractivity contribution >= 4 is 15.9 Å². The van der Waals surface area contributed by atoms with E-state index in [-0.39, 0.29) is 12.1 Å². The minimum Gasteiger partial charge on any atom is -0.326 e. The highest BCUT2D eigenvalue weighted by atomic mass is 79.9. The minimum absolute atomic E-state index is 0.00167. The van der Waals surface area contributed by atoms with Gasteiger partial charge in [0.05, 0.1) is 0 Å². The van der Waals surface area contributed by atoms with E-state index < -0.39 is 5.92 Å². The Kier molecular flexibility index (Phi) is 3.03. The van der Waals surface area contributed by atoms with Gasteiger partial charge >= 0.3 is 0 Å². The lowest BCUT2D eigenvalue weighted by Crippen LogP contribution is -2.12. The third-order valence-electron chi connectivity index (χ3n) is 1.76. The number of rotatable bonds is 2. The van der Waals surface area contributed by atoms with Crippen LogP contribution in [0.3, 0.4) is 0 Å². The number of halogens is 3. The fraction of sp³-hybridized carbons (Fsp3) is 0.333. The van der Waals surface area contributed by atoms with Gasteiger partial charge in [0, 0.05) is 23.5 Å². The molecule has 0 aliphatic heterocycles. The summed E-state index contributed by atoms with van der Waals surface area (Å²) in [6, 6.07) is 4.60. The first-order valence-corrected chi connectivity index (χ1v) is 4.61. The Morgan fingerprint density at radius 3 is 2.54 bits per heavy atom. The second-order valence-corrected chi connectivity index (χ2v) is 3.81. The SMILES string of the molecule is CC(F)(F)c1ccc(Br)cc1CN. The molecule has 0 atom stereocenters. The standard InChI is InChI=1S/C9H10BrF2N/c1-9(11,12)8-3-2-7(10)4-6(8)5-13/h2-4H,5,13H2,1H3. The maximum atomic E-state index is 13.0. The molecule has 0 saturated carbocycles. The summed E-state index contributed by atoms with van der Waals surface area (Å²) < 4.78 is 26.7. The number of hydrogen-bond acceptors (Lipinski definition) is 1. The van der Waals surface area contributed by atoms with Crippen LogP contribution in [-0.4, -0.2) is 0 Å². The average Bonchev–Trinajstić information content (AvgIpc) is 2.01. The van der Waals surface area contributed by atoms with Gasteiger partial charge < -0.3 is 5.73 Å². The highest BCUT2D eigenvalue weighted by Gasteiger charge is 2.26. The van der Waals surface area contributed by atoms with Crippen LogP contribution in [0.25, 0.3) is 0 Å². The predicted molar refractivity (Wildman–Crippen MR) is 51.6 cm³/mol. The number of nitrogens with two attached hydrogens (primary N) is 1. The number of benzene rings is 1. The highest BCUT2D eigenvalue weighted by Crippen LogP contribution is 2.31. The van der Waals surface area contributed by atoms with E-state index in [0.717, 1.165) is 11.4 Å². The van der Waals surface area contributed by atoms with E-state index in [2.05, 4.69) is 15.9 Å². The molecule has 1 aromatic carbocycles. The zero-order valence-corrected chi connectivity index (χ0v) is 8.74. The summed E-state index contributed by atoms with van der Waals surface area (Å²) in [4.78, 5) is 0. The van der Waals surface area contributed by atoms with E-state index in [9.17, 15) is 8.78 Å². The van der Waals surface area contributed by atoms with Crippen LogP contribution in [0.4, 0.5) is 8.78 Å². The largest absolute Gasteiger partial charge is 0.326 e. The number of hydrogen-bond donors (Lipinski definition) is 1. The molecule has 4 heteroatoms. The van der Waals surface area contributed by atoms with Crippen LogP contribution < -0.4 is 5.73 Å². The van der Waals surface area contributed by atoms with E-state index in [1.54, 1.807) is 12.1 Å². The van der Waals surface area contributed by atoms with Gasteiger partial charge in [0.1, 0.15) is 0 Å². The van der Waals surface area contributed by atoms with Gasteiger partial charge in [0.25, 0.3) is 5.92 Å². The van der Waals surface area contributed by atoms with Crippen LogP contribution in [0.15, 0.2) is 22.7 Å². The maximum absolute atomic E-state index is 13.0. The molecule has 0 fully saturated rings. The van der Waals surface area contributed by atoms with Gasteiger partial charge in [0.15, 0.2) is 0 Å². The van der Waals surface area contributed by atoms with E-state index in [4.69, 9.17) is 5.73 Å². The summed E-state index contributed by atoms with van der Waals surface area (Å²) >= 11 is 3.20. The average molecular weight is 250 g/mol. The molecule has 13 heavy (non-hydrogen) atoms. The van der Waals surface area contributed by atoms with Crippen molar-refractivity contribution < 1.29 is 8.78 Å². The van der Waals surface area contributed by atoms with Gasteiger partial charge in [-0.3, -0.25) is 0 Å². The third kappa shape index (κ3) is 2.48. The predicted octanol–water partition coefficient (Wildman–Crippen LogP) is 3.02. The number of alkyl halides is 2. The first-order chi connectivity index (χ1) is 5.95. The second kappa shape index (κ2) is 3.72. The lowest BCUT2D eigenvalue weighted by Gasteiger charge is -2.14. The van der Waals surface area contributed by atoms with Crippen molar-refractivity contribution in [3.05, 3.63) is 33.8 Å². The van der Waals surface area contributed by atoms with E-state index in [1.165, 1.54) is 6.07 Å². The quantitative estimate of drug-likeness (QED) is 0.857. The molecule has 72 valence electrons. The Morgan fingerprint density at radius 1 is 1.46 bits per heavy atom. The van der Waals surface area contributed by atoms with Gasteiger partial charge in [-0.25, -0.2) is 8.78 Å². The molecular formula is C9H10BrF2N.